The van der Waals surface area contributed by atoms with Crippen molar-refractivity contribution < 1.29 is 13.2 Å². The molecule has 1 atom stereocenters. The Morgan fingerprint density at radius 3 is 2.75 bits per heavy atom. The van der Waals surface area contributed by atoms with Gasteiger partial charge in [0.1, 0.15) is 4.21 Å². The number of piperidine rings is 1. The molecule has 2 aliphatic heterocycles. The van der Waals surface area contributed by atoms with E-state index in [1.165, 1.54) is 15.6 Å². The quantitative estimate of drug-likeness (QED) is 0.736. The third-order valence-corrected chi connectivity index (χ3v) is 8.86. The number of rotatable bonds is 3. The SMILES string of the molecule is CN1CCN(C(=O)[C@@H]2CCCN(S(=O)(=O)c3cccs3)C2)c2cc(Cl)ccc21. The lowest BCUT2D eigenvalue weighted by atomic mass is 9.97. The summed E-state index contributed by atoms with van der Waals surface area (Å²) in [5.74, 6) is -0.374. The Labute approximate surface area is 174 Å². The van der Waals surface area contributed by atoms with Gasteiger partial charge in [-0.3, -0.25) is 4.79 Å². The zero-order chi connectivity index (χ0) is 19.9. The lowest BCUT2D eigenvalue weighted by molar-refractivity contribution is -0.123. The number of nitrogens with zero attached hydrogens (tertiary/aromatic N) is 3. The van der Waals surface area contributed by atoms with Gasteiger partial charge < -0.3 is 9.80 Å². The first-order chi connectivity index (χ1) is 13.4. The van der Waals surface area contributed by atoms with Crippen molar-refractivity contribution in [3.05, 3.63) is 40.7 Å². The maximum atomic E-state index is 13.3. The minimum Gasteiger partial charge on any atom is -0.371 e. The highest BCUT2D eigenvalue weighted by Crippen LogP contribution is 2.36. The van der Waals surface area contributed by atoms with E-state index in [2.05, 4.69) is 4.90 Å². The zero-order valence-corrected chi connectivity index (χ0v) is 17.9. The Balaban J connectivity index is 1.58. The summed E-state index contributed by atoms with van der Waals surface area (Å²) in [5, 5.41) is 2.34. The number of halogens is 1. The van der Waals surface area contributed by atoms with Gasteiger partial charge in [0.05, 0.1) is 17.3 Å². The van der Waals surface area contributed by atoms with Crippen LogP contribution in [0.3, 0.4) is 0 Å². The summed E-state index contributed by atoms with van der Waals surface area (Å²) < 4.78 is 27.5. The van der Waals surface area contributed by atoms with Gasteiger partial charge in [0.15, 0.2) is 0 Å². The average molecular weight is 440 g/mol. The molecule has 150 valence electrons. The molecule has 1 fully saturated rings. The minimum atomic E-state index is -3.54. The van der Waals surface area contributed by atoms with Crippen LogP contribution in [-0.2, 0) is 14.8 Å². The van der Waals surface area contributed by atoms with Crippen LogP contribution in [0.2, 0.25) is 5.02 Å². The minimum absolute atomic E-state index is 0.0253. The van der Waals surface area contributed by atoms with Crippen LogP contribution in [-0.4, -0.2) is 51.9 Å². The third-order valence-electron chi connectivity index (χ3n) is 5.39. The number of carbonyl (C=O) groups is 1. The summed E-state index contributed by atoms with van der Waals surface area (Å²) in [6.07, 6.45) is 1.37. The molecule has 1 saturated heterocycles. The number of amides is 1. The van der Waals surface area contributed by atoms with Crippen LogP contribution in [0.1, 0.15) is 12.8 Å². The van der Waals surface area contributed by atoms with Gasteiger partial charge in [-0.15, -0.1) is 11.3 Å². The summed E-state index contributed by atoms with van der Waals surface area (Å²) in [4.78, 5) is 17.2. The van der Waals surface area contributed by atoms with E-state index in [0.29, 0.717) is 35.2 Å². The molecule has 4 rings (SSSR count). The van der Waals surface area contributed by atoms with Crippen molar-refractivity contribution in [2.75, 3.05) is 43.0 Å². The van der Waals surface area contributed by atoms with Crippen LogP contribution in [0, 0.1) is 5.92 Å². The van der Waals surface area contributed by atoms with Gasteiger partial charge in [0, 0.05) is 38.2 Å². The van der Waals surface area contributed by atoms with Crippen LogP contribution in [0.4, 0.5) is 11.4 Å². The van der Waals surface area contributed by atoms with E-state index in [4.69, 9.17) is 11.6 Å². The fraction of sp³-hybridized carbons (Fsp3) is 0.421. The maximum Gasteiger partial charge on any atom is 0.252 e. The number of hydrogen-bond donors (Lipinski definition) is 0. The van der Waals surface area contributed by atoms with Crippen LogP contribution in [0.15, 0.2) is 39.9 Å². The summed E-state index contributed by atoms with van der Waals surface area (Å²) in [6.45, 7) is 1.97. The van der Waals surface area contributed by atoms with Gasteiger partial charge in [-0.25, -0.2) is 8.42 Å². The highest BCUT2D eigenvalue weighted by molar-refractivity contribution is 7.91. The summed E-state index contributed by atoms with van der Waals surface area (Å²) in [6, 6.07) is 8.90. The second kappa shape index (κ2) is 7.67. The number of carbonyl (C=O) groups excluding carboxylic acids is 1. The summed E-state index contributed by atoms with van der Waals surface area (Å²) in [5.41, 5.74) is 1.76. The van der Waals surface area contributed by atoms with Gasteiger partial charge in [-0.1, -0.05) is 17.7 Å². The Morgan fingerprint density at radius 1 is 1.18 bits per heavy atom. The number of anilines is 2. The molecule has 1 aromatic heterocycles. The summed E-state index contributed by atoms with van der Waals surface area (Å²) in [7, 11) is -1.55. The van der Waals surface area contributed by atoms with Gasteiger partial charge >= 0.3 is 0 Å². The molecule has 0 unspecified atom stereocenters. The van der Waals surface area contributed by atoms with Crippen molar-refractivity contribution in [1.29, 1.82) is 0 Å². The van der Waals surface area contributed by atoms with Crippen LogP contribution < -0.4 is 9.80 Å². The third kappa shape index (κ3) is 3.54. The molecule has 0 N–H and O–H groups in total. The van der Waals surface area contributed by atoms with E-state index in [1.807, 2.05) is 25.2 Å². The largest absolute Gasteiger partial charge is 0.371 e. The van der Waals surface area contributed by atoms with Crippen LogP contribution in [0.5, 0.6) is 0 Å². The molecule has 0 aliphatic carbocycles. The first-order valence-corrected chi connectivity index (χ1v) is 11.9. The molecule has 0 spiro atoms. The van der Waals surface area contributed by atoms with Crippen molar-refractivity contribution in [1.82, 2.24) is 4.31 Å². The topological polar surface area (TPSA) is 60.9 Å². The average Bonchev–Trinajstić information content (AvgIpc) is 3.23. The zero-order valence-electron chi connectivity index (χ0n) is 15.5. The normalized spacial score (nSPS) is 20.9. The number of hydrogen-bond acceptors (Lipinski definition) is 5. The van der Waals surface area contributed by atoms with E-state index >= 15 is 0 Å². The van der Waals surface area contributed by atoms with Gasteiger partial charge in [0.2, 0.25) is 5.91 Å². The molecular weight excluding hydrogens is 418 g/mol. The van der Waals surface area contributed by atoms with Gasteiger partial charge in [-0.05, 0) is 42.5 Å². The second-order valence-electron chi connectivity index (χ2n) is 7.18. The summed E-state index contributed by atoms with van der Waals surface area (Å²) >= 11 is 7.39. The lowest BCUT2D eigenvalue weighted by Crippen LogP contribution is -2.50. The lowest BCUT2D eigenvalue weighted by Gasteiger charge is -2.39. The van der Waals surface area contributed by atoms with E-state index in [9.17, 15) is 13.2 Å². The Bertz CT molecular complexity index is 978. The molecule has 0 radical (unpaired) electrons. The van der Waals surface area contributed by atoms with Crippen LogP contribution in [0.25, 0.3) is 0 Å². The Kier molecular flexibility index (Phi) is 5.39. The monoisotopic (exact) mass is 439 g/mol. The molecule has 0 saturated carbocycles. The molecule has 0 bridgehead atoms. The Hall–Kier alpha value is -1.61. The van der Waals surface area contributed by atoms with Gasteiger partial charge in [-0.2, -0.15) is 4.31 Å². The standard InChI is InChI=1S/C19H22ClN3O3S2/c1-21-9-10-23(17-12-15(20)6-7-16(17)21)19(24)14-4-2-8-22(13-14)28(25,26)18-5-3-11-27-18/h3,5-7,11-12,14H,2,4,8-10,13H2,1H3/t14-/m1/s1. The predicted molar refractivity (Wildman–Crippen MR) is 113 cm³/mol. The molecule has 9 heteroatoms. The van der Waals surface area contributed by atoms with Crippen molar-refractivity contribution in [2.45, 2.75) is 17.1 Å². The van der Waals surface area contributed by atoms with E-state index in [1.54, 1.807) is 22.4 Å². The fourth-order valence-corrected chi connectivity index (χ4v) is 6.71. The first kappa shape index (κ1) is 19.7. The van der Waals surface area contributed by atoms with Gasteiger partial charge in [0.25, 0.3) is 10.0 Å². The highest BCUT2D eigenvalue weighted by Gasteiger charge is 2.37. The molecule has 6 nitrogen and oxygen atoms in total. The van der Waals surface area contributed by atoms with E-state index in [-0.39, 0.29) is 18.4 Å². The molecule has 2 aliphatic rings. The van der Waals surface area contributed by atoms with Crippen molar-refractivity contribution in [2.24, 2.45) is 5.92 Å². The van der Waals surface area contributed by atoms with E-state index < -0.39 is 10.0 Å². The second-order valence-corrected chi connectivity index (χ2v) is 10.7. The van der Waals surface area contributed by atoms with E-state index in [0.717, 1.165) is 17.9 Å². The molecule has 28 heavy (non-hydrogen) atoms. The first-order valence-electron chi connectivity index (χ1n) is 9.23. The molecular formula is C19H22ClN3O3S2. The molecule has 3 heterocycles. The molecule has 1 amide bonds. The van der Waals surface area contributed by atoms with Crippen LogP contribution >= 0.6 is 22.9 Å². The van der Waals surface area contributed by atoms with Crippen molar-refractivity contribution >= 4 is 50.2 Å². The number of fused-ring (bicyclic) bond motifs is 1. The Morgan fingerprint density at radius 2 is 2.00 bits per heavy atom. The molecule has 2 aromatic rings. The predicted octanol–water partition coefficient (Wildman–Crippen LogP) is 3.29. The number of benzene rings is 1. The fourth-order valence-electron chi connectivity index (χ4n) is 3.88. The number of thiophene rings is 1. The smallest absolute Gasteiger partial charge is 0.252 e. The number of sulfonamides is 1. The number of likely N-dealkylation sites (N-methyl/N-ethyl adjacent to an activating group) is 1. The highest BCUT2D eigenvalue weighted by atomic mass is 35.5. The van der Waals surface area contributed by atoms with Crippen molar-refractivity contribution in [3.8, 4) is 0 Å². The molecule has 1 aromatic carbocycles. The van der Waals surface area contributed by atoms with Crippen molar-refractivity contribution in [3.63, 3.8) is 0 Å². The maximum absolute atomic E-state index is 13.3.